The largest absolute Gasteiger partial charge is 0.361 e. The van der Waals surface area contributed by atoms with E-state index in [0.29, 0.717) is 12.5 Å². The Morgan fingerprint density at radius 2 is 2.08 bits per heavy atom. The number of halogens is 1. The lowest BCUT2D eigenvalue weighted by Crippen LogP contribution is -2.47. The van der Waals surface area contributed by atoms with Crippen LogP contribution in [0.1, 0.15) is 49.9 Å². The average Bonchev–Trinajstić information content (AvgIpc) is 2.57. The minimum atomic E-state index is -0.663. The monoisotopic (exact) mass is 386 g/mol. The standard InChI is InChI=1S/C16H23ClN4O3S/c1-3-4-5-6-11(2)10-18-16(25)20-19-15(22)13-8-7-12(17)9-14(13)21(23)24/h7-9,11H,3-6,10H2,1-2H3,(H,19,22)(H2,18,20,25)/t11-/m1/s1. The molecule has 138 valence electrons. The zero-order valence-corrected chi connectivity index (χ0v) is 15.9. The number of hydrogen-bond donors (Lipinski definition) is 3. The van der Waals surface area contributed by atoms with Gasteiger partial charge in [0.1, 0.15) is 5.56 Å². The van der Waals surface area contributed by atoms with Crippen LogP contribution in [0.4, 0.5) is 5.69 Å². The molecule has 0 heterocycles. The van der Waals surface area contributed by atoms with E-state index in [1.807, 2.05) is 0 Å². The number of hydrogen-bond acceptors (Lipinski definition) is 4. The van der Waals surface area contributed by atoms with Gasteiger partial charge in [-0.3, -0.25) is 25.8 Å². The molecule has 7 nitrogen and oxygen atoms in total. The highest BCUT2D eigenvalue weighted by Gasteiger charge is 2.20. The summed E-state index contributed by atoms with van der Waals surface area (Å²) < 4.78 is 0. The van der Waals surface area contributed by atoms with Crippen molar-refractivity contribution in [3.8, 4) is 0 Å². The Hall–Kier alpha value is -1.93. The van der Waals surface area contributed by atoms with Gasteiger partial charge in [0.2, 0.25) is 0 Å². The Morgan fingerprint density at radius 1 is 1.36 bits per heavy atom. The van der Waals surface area contributed by atoms with Gasteiger partial charge in [-0.15, -0.1) is 0 Å². The summed E-state index contributed by atoms with van der Waals surface area (Å²) >= 11 is 10.8. The van der Waals surface area contributed by atoms with Crippen LogP contribution in [0.5, 0.6) is 0 Å². The summed E-state index contributed by atoms with van der Waals surface area (Å²) in [7, 11) is 0. The zero-order valence-electron chi connectivity index (χ0n) is 14.3. The molecule has 0 unspecified atom stereocenters. The smallest absolute Gasteiger partial charge is 0.283 e. The van der Waals surface area contributed by atoms with Crippen molar-refractivity contribution in [2.75, 3.05) is 6.54 Å². The van der Waals surface area contributed by atoms with E-state index in [9.17, 15) is 14.9 Å². The normalized spacial score (nSPS) is 11.5. The number of thiocarbonyl (C=S) groups is 1. The Bertz CT molecular complexity index is 627. The molecule has 1 rings (SSSR count). The number of amides is 1. The Labute approximate surface area is 157 Å². The topological polar surface area (TPSA) is 96.3 Å². The summed E-state index contributed by atoms with van der Waals surface area (Å²) in [5, 5.41) is 14.5. The van der Waals surface area contributed by atoms with Crippen LogP contribution < -0.4 is 16.2 Å². The van der Waals surface area contributed by atoms with Crippen LogP contribution in [-0.2, 0) is 0 Å². The molecule has 1 atom stereocenters. The maximum absolute atomic E-state index is 12.1. The van der Waals surface area contributed by atoms with Gasteiger partial charge < -0.3 is 5.32 Å². The molecular weight excluding hydrogens is 364 g/mol. The van der Waals surface area contributed by atoms with Gasteiger partial charge in [-0.2, -0.15) is 0 Å². The molecule has 0 spiro atoms. The second-order valence-electron chi connectivity index (χ2n) is 5.81. The van der Waals surface area contributed by atoms with Crippen LogP contribution >= 0.6 is 23.8 Å². The van der Waals surface area contributed by atoms with E-state index >= 15 is 0 Å². The molecule has 1 aromatic carbocycles. The van der Waals surface area contributed by atoms with E-state index < -0.39 is 10.8 Å². The van der Waals surface area contributed by atoms with Crippen LogP contribution in [-0.4, -0.2) is 22.5 Å². The third-order valence-corrected chi connectivity index (χ3v) is 4.08. The lowest BCUT2D eigenvalue weighted by Gasteiger charge is -2.15. The first-order chi connectivity index (χ1) is 11.8. The number of benzene rings is 1. The first-order valence-corrected chi connectivity index (χ1v) is 8.91. The third-order valence-electron chi connectivity index (χ3n) is 3.60. The molecule has 9 heteroatoms. The van der Waals surface area contributed by atoms with Crippen LogP contribution in [0, 0.1) is 16.0 Å². The molecule has 0 bridgehead atoms. The van der Waals surface area contributed by atoms with Crippen molar-refractivity contribution in [3.05, 3.63) is 38.9 Å². The van der Waals surface area contributed by atoms with E-state index in [4.69, 9.17) is 23.8 Å². The molecule has 3 N–H and O–H groups in total. The van der Waals surface area contributed by atoms with Crippen LogP contribution in [0.2, 0.25) is 5.02 Å². The highest BCUT2D eigenvalue weighted by Crippen LogP contribution is 2.22. The second-order valence-corrected chi connectivity index (χ2v) is 6.65. The highest BCUT2D eigenvalue weighted by molar-refractivity contribution is 7.80. The lowest BCUT2D eigenvalue weighted by atomic mass is 10.0. The summed E-state index contributed by atoms with van der Waals surface area (Å²) in [5.74, 6) is -0.206. The van der Waals surface area contributed by atoms with Gasteiger partial charge in [-0.1, -0.05) is 44.7 Å². The fraction of sp³-hybridized carbons (Fsp3) is 0.500. The summed E-state index contributed by atoms with van der Waals surface area (Å²) in [6, 6.07) is 3.84. The molecule has 0 saturated carbocycles. The average molecular weight is 387 g/mol. The van der Waals surface area contributed by atoms with Crippen molar-refractivity contribution in [3.63, 3.8) is 0 Å². The number of nitrogens with zero attached hydrogens (tertiary/aromatic N) is 1. The predicted octanol–water partition coefficient (Wildman–Crippen LogP) is 3.57. The number of nitro benzene ring substituents is 1. The molecule has 0 aliphatic carbocycles. The number of carbonyl (C=O) groups is 1. The minimum Gasteiger partial charge on any atom is -0.361 e. The Kier molecular flexibility index (Phi) is 9.15. The molecule has 0 radical (unpaired) electrons. The molecule has 1 amide bonds. The van der Waals surface area contributed by atoms with Crippen molar-refractivity contribution in [2.45, 2.75) is 39.5 Å². The summed E-state index contributed by atoms with van der Waals surface area (Å²) in [6.07, 6.45) is 4.68. The molecule has 0 saturated heterocycles. The summed E-state index contributed by atoms with van der Waals surface area (Å²) in [6.45, 7) is 4.98. The lowest BCUT2D eigenvalue weighted by molar-refractivity contribution is -0.385. The number of carbonyl (C=O) groups excluding carboxylic acids is 1. The highest BCUT2D eigenvalue weighted by atomic mass is 35.5. The molecule has 0 aliphatic heterocycles. The molecular formula is C16H23ClN4O3S. The number of nitro groups is 1. The fourth-order valence-corrected chi connectivity index (χ4v) is 2.49. The van der Waals surface area contributed by atoms with Gasteiger partial charge in [0.05, 0.1) is 4.92 Å². The summed E-state index contributed by atoms with van der Waals surface area (Å²) in [4.78, 5) is 22.4. The van der Waals surface area contributed by atoms with Crippen molar-refractivity contribution in [2.24, 2.45) is 5.92 Å². The minimum absolute atomic E-state index is 0.0994. The fourth-order valence-electron chi connectivity index (χ4n) is 2.18. The Morgan fingerprint density at radius 3 is 2.72 bits per heavy atom. The van der Waals surface area contributed by atoms with Crippen molar-refractivity contribution in [1.82, 2.24) is 16.2 Å². The predicted molar refractivity (Wildman–Crippen MR) is 103 cm³/mol. The number of unbranched alkanes of at least 4 members (excludes halogenated alkanes) is 2. The van der Waals surface area contributed by atoms with Gasteiger partial charge in [-0.25, -0.2) is 0 Å². The maximum Gasteiger partial charge on any atom is 0.283 e. The van der Waals surface area contributed by atoms with Gasteiger partial charge in [0.25, 0.3) is 11.6 Å². The van der Waals surface area contributed by atoms with Gasteiger partial charge in [0, 0.05) is 17.6 Å². The van der Waals surface area contributed by atoms with Crippen molar-refractivity contribution in [1.29, 1.82) is 0 Å². The van der Waals surface area contributed by atoms with Crippen molar-refractivity contribution >= 4 is 40.5 Å². The number of nitrogens with one attached hydrogen (secondary N) is 3. The van der Waals surface area contributed by atoms with E-state index in [2.05, 4.69) is 30.0 Å². The number of hydrazine groups is 1. The van der Waals surface area contributed by atoms with Gasteiger partial charge in [0.15, 0.2) is 5.11 Å². The first-order valence-electron chi connectivity index (χ1n) is 8.13. The SMILES string of the molecule is CCCCC[C@@H](C)CNC(=S)NNC(=O)c1ccc(Cl)cc1[N+](=O)[O-]. The Balaban J connectivity index is 2.46. The molecule has 1 aromatic rings. The van der Waals surface area contributed by atoms with Crippen LogP contribution in [0.25, 0.3) is 0 Å². The van der Waals surface area contributed by atoms with Gasteiger partial charge in [-0.05, 0) is 36.7 Å². The van der Waals surface area contributed by atoms with Crippen LogP contribution in [0.3, 0.4) is 0 Å². The van der Waals surface area contributed by atoms with Gasteiger partial charge >= 0.3 is 0 Å². The molecule has 0 fully saturated rings. The molecule has 25 heavy (non-hydrogen) atoms. The van der Waals surface area contributed by atoms with E-state index in [1.54, 1.807) is 0 Å². The second kappa shape index (κ2) is 10.8. The van der Waals surface area contributed by atoms with E-state index in [-0.39, 0.29) is 21.4 Å². The molecule has 0 aromatic heterocycles. The molecule has 0 aliphatic rings. The van der Waals surface area contributed by atoms with Crippen molar-refractivity contribution < 1.29 is 9.72 Å². The van der Waals surface area contributed by atoms with E-state index in [1.165, 1.54) is 31.4 Å². The first kappa shape index (κ1) is 21.1. The maximum atomic E-state index is 12.1. The van der Waals surface area contributed by atoms with E-state index in [0.717, 1.165) is 12.5 Å². The van der Waals surface area contributed by atoms with Crippen LogP contribution in [0.15, 0.2) is 18.2 Å². The zero-order chi connectivity index (χ0) is 18.8. The third kappa shape index (κ3) is 7.66. The number of rotatable bonds is 8. The summed E-state index contributed by atoms with van der Waals surface area (Å²) in [5.41, 5.74) is 4.43. The quantitative estimate of drug-likeness (QED) is 0.273.